The molecule has 3 heterocycles. The van der Waals surface area contributed by atoms with Crippen LogP contribution in [0, 0.1) is 0 Å². The summed E-state index contributed by atoms with van der Waals surface area (Å²) in [6, 6.07) is 7.95. The Morgan fingerprint density at radius 2 is 2.04 bits per heavy atom. The molecule has 148 valence electrons. The maximum atomic E-state index is 13.0. The van der Waals surface area contributed by atoms with Crippen molar-refractivity contribution in [3.8, 4) is 0 Å². The first-order valence-corrected chi connectivity index (χ1v) is 11.3. The van der Waals surface area contributed by atoms with E-state index in [1.165, 1.54) is 32.7 Å². The van der Waals surface area contributed by atoms with Crippen molar-refractivity contribution in [2.75, 3.05) is 27.2 Å². The summed E-state index contributed by atoms with van der Waals surface area (Å²) in [6.07, 6.45) is 3.58. The molecule has 3 aromatic rings. The Hall–Kier alpha value is -2.23. The van der Waals surface area contributed by atoms with Gasteiger partial charge in [0.2, 0.25) is 10.0 Å². The zero-order valence-corrected chi connectivity index (χ0v) is 17.6. The average Bonchev–Trinajstić information content (AvgIpc) is 3.38. The van der Waals surface area contributed by atoms with Crippen LogP contribution >= 0.6 is 11.3 Å². The van der Waals surface area contributed by atoms with Crippen LogP contribution in [0.2, 0.25) is 0 Å². The maximum Gasteiger partial charge on any atom is 0.263 e. The summed E-state index contributed by atoms with van der Waals surface area (Å²) in [5.41, 5.74) is 0.975. The Labute approximate surface area is 168 Å². The molecule has 1 atom stereocenters. The largest absolute Gasteiger partial charge is 0.344 e. The molecule has 0 unspecified atom stereocenters. The molecule has 28 heavy (non-hydrogen) atoms. The lowest BCUT2D eigenvalue weighted by Crippen LogP contribution is -2.28. The van der Waals surface area contributed by atoms with Gasteiger partial charge in [0, 0.05) is 51.0 Å². The summed E-state index contributed by atoms with van der Waals surface area (Å²) in [4.78, 5) is 15.3. The second-order valence-corrected chi connectivity index (χ2v) is 10.2. The standard InChI is InChI=1S/C19H22N4O3S2/c1-21(2)19(24)18-17(15-6-4-5-7-16(15)27-18)13-8-9-23(11-13)28(25,26)14-10-20-22(3)12-14/h4-7,10,12-13H,8-9,11H2,1-3H3/t13-/m1/s1. The average molecular weight is 419 g/mol. The first kappa shape index (κ1) is 19.1. The molecular weight excluding hydrogens is 396 g/mol. The number of thiophene rings is 1. The van der Waals surface area contributed by atoms with Crippen molar-refractivity contribution in [1.29, 1.82) is 0 Å². The molecule has 0 aliphatic carbocycles. The van der Waals surface area contributed by atoms with Crippen LogP contribution in [0.1, 0.15) is 27.6 Å². The number of benzene rings is 1. The van der Waals surface area contributed by atoms with Crippen molar-refractivity contribution in [1.82, 2.24) is 19.0 Å². The maximum absolute atomic E-state index is 13.0. The van der Waals surface area contributed by atoms with Crippen molar-refractivity contribution >= 4 is 37.4 Å². The van der Waals surface area contributed by atoms with E-state index in [0.29, 0.717) is 24.4 Å². The third-order valence-electron chi connectivity index (χ3n) is 5.11. The zero-order valence-electron chi connectivity index (χ0n) is 16.0. The highest BCUT2D eigenvalue weighted by Gasteiger charge is 2.37. The number of amides is 1. The van der Waals surface area contributed by atoms with Crippen molar-refractivity contribution < 1.29 is 13.2 Å². The number of carbonyl (C=O) groups is 1. The molecule has 1 saturated heterocycles. The molecule has 1 aromatic carbocycles. The Kier molecular flexibility index (Phi) is 4.76. The van der Waals surface area contributed by atoms with E-state index in [1.54, 1.807) is 26.0 Å². The van der Waals surface area contributed by atoms with Gasteiger partial charge < -0.3 is 4.90 Å². The highest BCUT2D eigenvalue weighted by Crippen LogP contribution is 2.41. The van der Waals surface area contributed by atoms with Gasteiger partial charge in [0.15, 0.2) is 0 Å². The molecule has 1 aliphatic rings. The number of nitrogens with zero attached hydrogens (tertiary/aromatic N) is 4. The lowest BCUT2D eigenvalue weighted by atomic mass is 9.95. The summed E-state index contributed by atoms with van der Waals surface area (Å²) in [7, 11) is 1.59. The van der Waals surface area contributed by atoms with Crippen molar-refractivity contribution in [2.24, 2.45) is 7.05 Å². The van der Waals surface area contributed by atoms with Crippen molar-refractivity contribution in [3.05, 3.63) is 47.1 Å². The minimum absolute atomic E-state index is 0.0125. The lowest BCUT2D eigenvalue weighted by Gasteiger charge is -2.17. The molecule has 2 aromatic heterocycles. The number of aryl methyl sites for hydroxylation is 1. The van der Waals surface area contributed by atoms with E-state index in [4.69, 9.17) is 0 Å². The number of aromatic nitrogens is 2. The number of fused-ring (bicyclic) bond motifs is 1. The van der Waals surface area contributed by atoms with Crippen LogP contribution in [0.3, 0.4) is 0 Å². The highest BCUT2D eigenvalue weighted by molar-refractivity contribution is 7.89. The van der Waals surface area contributed by atoms with Gasteiger partial charge in [-0.05, 0) is 23.4 Å². The first-order chi connectivity index (χ1) is 13.3. The Balaban J connectivity index is 1.72. The molecule has 0 radical (unpaired) electrons. The molecule has 0 bridgehead atoms. The van der Waals surface area contributed by atoms with Gasteiger partial charge in [-0.15, -0.1) is 11.3 Å². The highest BCUT2D eigenvalue weighted by atomic mass is 32.2. The summed E-state index contributed by atoms with van der Waals surface area (Å²) < 4.78 is 30.0. The van der Waals surface area contributed by atoms with Gasteiger partial charge in [-0.25, -0.2) is 8.42 Å². The predicted octanol–water partition coefficient (Wildman–Crippen LogP) is 2.51. The van der Waals surface area contributed by atoms with Crippen LogP contribution in [-0.2, 0) is 17.1 Å². The molecule has 9 heteroatoms. The fourth-order valence-electron chi connectivity index (χ4n) is 3.70. The second kappa shape index (κ2) is 6.98. The van der Waals surface area contributed by atoms with E-state index in [1.807, 2.05) is 24.3 Å². The normalized spacial score (nSPS) is 18.0. The van der Waals surface area contributed by atoms with E-state index in [-0.39, 0.29) is 16.7 Å². The molecule has 1 aliphatic heterocycles. The van der Waals surface area contributed by atoms with Gasteiger partial charge in [-0.1, -0.05) is 18.2 Å². The van der Waals surface area contributed by atoms with Gasteiger partial charge in [0.1, 0.15) is 4.90 Å². The number of sulfonamides is 1. The van der Waals surface area contributed by atoms with E-state index >= 15 is 0 Å². The Morgan fingerprint density at radius 1 is 1.29 bits per heavy atom. The minimum Gasteiger partial charge on any atom is -0.344 e. The van der Waals surface area contributed by atoms with E-state index in [9.17, 15) is 13.2 Å². The molecule has 1 amide bonds. The number of hydrogen-bond acceptors (Lipinski definition) is 5. The predicted molar refractivity (Wildman–Crippen MR) is 109 cm³/mol. The smallest absolute Gasteiger partial charge is 0.263 e. The van der Waals surface area contributed by atoms with Crippen LogP contribution in [0.5, 0.6) is 0 Å². The molecular formula is C19H22N4O3S2. The monoisotopic (exact) mass is 418 g/mol. The van der Waals surface area contributed by atoms with E-state index < -0.39 is 10.0 Å². The van der Waals surface area contributed by atoms with E-state index in [2.05, 4.69) is 5.10 Å². The van der Waals surface area contributed by atoms with Gasteiger partial charge in [0.25, 0.3) is 5.91 Å². The number of rotatable bonds is 4. The van der Waals surface area contributed by atoms with Gasteiger partial charge >= 0.3 is 0 Å². The second-order valence-electron chi connectivity index (χ2n) is 7.24. The number of carbonyl (C=O) groups excluding carboxylic acids is 1. The first-order valence-electron chi connectivity index (χ1n) is 9.01. The molecule has 1 fully saturated rings. The Morgan fingerprint density at radius 3 is 2.71 bits per heavy atom. The minimum atomic E-state index is -3.59. The topological polar surface area (TPSA) is 75.5 Å². The van der Waals surface area contributed by atoms with Crippen LogP contribution in [-0.4, -0.2) is 60.5 Å². The quantitative estimate of drug-likeness (QED) is 0.652. The van der Waals surface area contributed by atoms with Gasteiger partial charge in [0.05, 0.1) is 11.1 Å². The van der Waals surface area contributed by atoms with Crippen LogP contribution in [0.15, 0.2) is 41.6 Å². The van der Waals surface area contributed by atoms with Gasteiger partial charge in [-0.3, -0.25) is 9.48 Å². The molecule has 7 nitrogen and oxygen atoms in total. The summed E-state index contributed by atoms with van der Waals surface area (Å²) in [5, 5.41) is 5.03. The van der Waals surface area contributed by atoms with E-state index in [0.717, 1.165) is 15.6 Å². The van der Waals surface area contributed by atoms with Crippen molar-refractivity contribution in [2.45, 2.75) is 17.2 Å². The SMILES string of the molecule is CN(C)C(=O)c1sc2ccccc2c1[C@@H]1CCN(S(=O)(=O)c2cnn(C)c2)C1. The lowest BCUT2D eigenvalue weighted by molar-refractivity contribution is 0.0831. The number of hydrogen-bond donors (Lipinski definition) is 0. The molecule has 0 N–H and O–H groups in total. The third-order valence-corrected chi connectivity index (χ3v) is 8.11. The molecule has 0 saturated carbocycles. The summed E-state index contributed by atoms with van der Waals surface area (Å²) >= 11 is 1.48. The summed E-state index contributed by atoms with van der Waals surface area (Å²) in [6.45, 7) is 0.799. The Bertz CT molecular complexity index is 1150. The molecule has 4 rings (SSSR count). The molecule has 0 spiro atoms. The van der Waals surface area contributed by atoms with Crippen LogP contribution < -0.4 is 0 Å². The fraction of sp³-hybridized carbons (Fsp3) is 0.368. The summed E-state index contributed by atoms with van der Waals surface area (Å²) in [5.74, 6) is -0.0498. The zero-order chi connectivity index (χ0) is 20.1. The van der Waals surface area contributed by atoms with Gasteiger partial charge in [-0.2, -0.15) is 9.40 Å². The van der Waals surface area contributed by atoms with Crippen LogP contribution in [0.25, 0.3) is 10.1 Å². The third kappa shape index (κ3) is 3.13. The van der Waals surface area contributed by atoms with Crippen LogP contribution in [0.4, 0.5) is 0 Å². The fourth-order valence-corrected chi connectivity index (χ4v) is 6.49. The van der Waals surface area contributed by atoms with Crippen molar-refractivity contribution in [3.63, 3.8) is 0 Å².